The first-order valence-electron chi connectivity index (χ1n) is 19.1. The summed E-state index contributed by atoms with van der Waals surface area (Å²) >= 11 is 1.35. The predicted molar refractivity (Wildman–Crippen MR) is 222 cm³/mol. The highest BCUT2D eigenvalue weighted by Crippen LogP contribution is 2.47. The Hall–Kier alpha value is -4.40. The number of hydrogen-bond donors (Lipinski definition) is 2. The van der Waals surface area contributed by atoms with Gasteiger partial charge in [0.05, 0.1) is 18.6 Å². The number of nitrogens with one attached hydrogen (secondary N) is 1. The molecule has 2 aliphatic heterocycles. The maximum atomic E-state index is 15.4. The van der Waals surface area contributed by atoms with Gasteiger partial charge in [0, 0.05) is 71.0 Å². The summed E-state index contributed by atoms with van der Waals surface area (Å²) < 4.78 is 33.7. The van der Waals surface area contributed by atoms with E-state index in [-0.39, 0.29) is 6.54 Å². The molecule has 0 spiro atoms. The molecule has 13 nitrogen and oxygen atoms in total. The summed E-state index contributed by atoms with van der Waals surface area (Å²) in [7, 11) is 3.46. The molecule has 6 rings (SSSR count). The maximum Gasteiger partial charge on any atom is 0.320 e. The third kappa shape index (κ3) is 15.5. The average Bonchev–Trinajstić information content (AvgIpc) is 3.86. The number of alkyl halides is 1. The van der Waals surface area contributed by atoms with Crippen LogP contribution in [0.5, 0.6) is 5.75 Å². The third-order valence-corrected chi connectivity index (χ3v) is 11.8. The van der Waals surface area contributed by atoms with Crippen LogP contribution in [-0.4, -0.2) is 99.8 Å². The fraction of sp³-hybridized carbons (Fsp3) is 0.463. The number of likely N-dealkylation sites (tertiary alicyclic amines) is 2. The van der Waals surface area contributed by atoms with E-state index in [1.165, 1.54) is 55.3 Å². The Morgan fingerprint density at radius 1 is 1.14 bits per heavy atom. The maximum absolute atomic E-state index is 15.4. The van der Waals surface area contributed by atoms with E-state index >= 15 is 4.39 Å². The SMILES string of the molecule is CCCOC(=O)CNP(O[n+]1ccccc1)C(F)c1ccc2sc(C=O)cc2c1.CN.CN1CCCC1CCCCC=O.COc1ccncc1C1CN(C=O)C1. The lowest BCUT2D eigenvalue weighted by Gasteiger charge is -2.36. The van der Waals surface area contributed by atoms with E-state index in [9.17, 15) is 19.2 Å². The molecule has 0 radical (unpaired) electrons. The summed E-state index contributed by atoms with van der Waals surface area (Å²) in [6.07, 6.45) is 17.3. The van der Waals surface area contributed by atoms with Crippen molar-refractivity contribution < 1.29 is 42.4 Å². The van der Waals surface area contributed by atoms with Gasteiger partial charge in [0.2, 0.25) is 24.7 Å². The number of thiophene rings is 1. The molecule has 3 N–H and O–H groups in total. The number of nitrogens with two attached hydrogens (primary N) is 1. The van der Waals surface area contributed by atoms with Crippen LogP contribution in [-0.2, 0) is 19.1 Å². The number of aldehydes is 2. The molecule has 57 heavy (non-hydrogen) atoms. The normalized spacial score (nSPS) is 15.9. The number of fused-ring (bicyclic) bond motifs is 1. The van der Waals surface area contributed by atoms with Crippen molar-refractivity contribution >= 4 is 54.7 Å². The first-order chi connectivity index (χ1) is 27.8. The van der Waals surface area contributed by atoms with Gasteiger partial charge in [-0.1, -0.05) is 25.5 Å². The number of aromatic nitrogens is 2. The van der Waals surface area contributed by atoms with Crippen molar-refractivity contribution in [1.29, 1.82) is 0 Å². The number of benzene rings is 1. The highest BCUT2D eigenvalue weighted by Gasteiger charge is 2.32. The zero-order valence-electron chi connectivity index (χ0n) is 33.3. The third-order valence-electron chi connectivity index (χ3n) is 9.18. The van der Waals surface area contributed by atoms with Crippen LogP contribution in [0.2, 0.25) is 0 Å². The van der Waals surface area contributed by atoms with Gasteiger partial charge in [-0.3, -0.25) is 19.4 Å². The molecule has 4 aromatic rings. The minimum atomic E-state index is -1.89. The van der Waals surface area contributed by atoms with Crippen LogP contribution in [0, 0.1) is 0 Å². The lowest BCUT2D eigenvalue weighted by Crippen LogP contribution is -2.43. The van der Waals surface area contributed by atoms with E-state index in [0.717, 1.165) is 72.4 Å². The fourth-order valence-corrected chi connectivity index (χ4v) is 8.35. The molecule has 1 amide bonds. The van der Waals surface area contributed by atoms with E-state index in [4.69, 9.17) is 14.1 Å². The van der Waals surface area contributed by atoms with Gasteiger partial charge >= 0.3 is 5.97 Å². The highest BCUT2D eigenvalue weighted by atomic mass is 32.1. The number of hydrogen-bond acceptors (Lipinski definition) is 12. The number of esters is 1. The van der Waals surface area contributed by atoms with Crippen LogP contribution >= 0.6 is 19.6 Å². The minimum Gasteiger partial charge on any atom is -0.496 e. The van der Waals surface area contributed by atoms with Crippen LogP contribution in [0.25, 0.3) is 10.1 Å². The fourth-order valence-electron chi connectivity index (χ4n) is 6.16. The molecule has 310 valence electrons. The lowest BCUT2D eigenvalue weighted by molar-refractivity contribution is -0.857. The average molecular weight is 828 g/mol. The number of ether oxygens (including phenoxy) is 2. The van der Waals surface area contributed by atoms with Crippen molar-refractivity contribution in [2.45, 2.75) is 69.7 Å². The Morgan fingerprint density at radius 2 is 1.91 bits per heavy atom. The molecule has 2 fully saturated rings. The summed E-state index contributed by atoms with van der Waals surface area (Å²) in [5.41, 5.74) is 6.00. The Morgan fingerprint density at radius 3 is 2.56 bits per heavy atom. The van der Waals surface area contributed by atoms with E-state index < -0.39 is 20.2 Å². The van der Waals surface area contributed by atoms with Crippen LogP contribution in [0.15, 0.2) is 73.3 Å². The summed E-state index contributed by atoms with van der Waals surface area (Å²) in [5, 5.41) is 3.65. The Kier molecular flexibility index (Phi) is 21.8. The molecule has 1 aromatic carbocycles. The van der Waals surface area contributed by atoms with Crippen molar-refractivity contribution in [2.75, 3.05) is 54.0 Å². The van der Waals surface area contributed by atoms with E-state index in [1.807, 2.05) is 25.3 Å². The second kappa shape index (κ2) is 26.5. The number of carbonyl (C=O) groups is 4. The molecular formula is C41H57FN6O7PS+. The molecule has 2 aliphatic rings. The lowest BCUT2D eigenvalue weighted by atomic mass is 9.93. The monoisotopic (exact) mass is 827 g/mol. The minimum absolute atomic E-state index is 0.157. The van der Waals surface area contributed by atoms with Gasteiger partial charge in [-0.15, -0.1) is 11.3 Å². The van der Waals surface area contributed by atoms with Gasteiger partial charge < -0.3 is 29.8 Å². The Labute approximate surface area is 340 Å². The largest absolute Gasteiger partial charge is 0.496 e. The van der Waals surface area contributed by atoms with Crippen LogP contribution < -0.4 is 24.9 Å². The highest BCUT2D eigenvalue weighted by molar-refractivity contribution is 7.50. The summed E-state index contributed by atoms with van der Waals surface area (Å²) in [4.78, 5) is 52.1. The topological polar surface area (TPSA) is 157 Å². The second-order valence-corrected chi connectivity index (χ2v) is 15.9. The van der Waals surface area contributed by atoms with Crippen LogP contribution in [0.3, 0.4) is 0 Å². The van der Waals surface area contributed by atoms with Crippen molar-refractivity contribution in [3.8, 4) is 5.75 Å². The van der Waals surface area contributed by atoms with Gasteiger partial charge in [-0.05, 0) is 88.0 Å². The second-order valence-electron chi connectivity index (χ2n) is 13.2. The number of carbonyl (C=O) groups excluding carboxylic acids is 4. The van der Waals surface area contributed by atoms with Gasteiger partial charge in [-0.2, -0.15) is 0 Å². The number of amides is 1. The van der Waals surface area contributed by atoms with Crippen molar-refractivity contribution in [3.63, 3.8) is 0 Å². The summed E-state index contributed by atoms with van der Waals surface area (Å²) in [5.74, 6) is -0.725. The molecule has 3 aromatic heterocycles. The zero-order valence-corrected chi connectivity index (χ0v) is 35.0. The van der Waals surface area contributed by atoms with E-state index in [1.54, 1.807) is 67.0 Å². The van der Waals surface area contributed by atoms with Gasteiger partial charge in [0.25, 0.3) is 8.30 Å². The molecule has 3 unspecified atom stereocenters. The number of pyridine rings is 2. The first kappa shape index (κ1) is 47.0. The number of methoxy groups -OCH3 is 1. The standard InChI is InChI=1S/C20H21FN2O4PS.C10H12N2O2.C10H19NO.CH5N/c1-2-10-26-19(25)13-22-28(27-23-8-4-3-5-9-23)20(21)15-6-7-18-16(11-15)12-17(14-24)29-18;1-14-10-2-3-11-4-9(10)8-5-12(6-8)7-13;1-11-8-5-7-10(11)6-3-2-4-9-12;1-2/h3-9,11-12,14,20,22H,2,10,13H2,1H3;2-4,7-8H,5-6H2,1H3;9-10H,2-8H2,1H3;2H2,1H3/q+1;;;. The number of unbranched alkanes of at least 4 members (excludes halogenated alkanes) is 2. The first-order valence-corrected chi connectivity index (χ1v) is 21.3. The quantitative estimate of drug-likeness (QED) is 0.0398. The molecule has 3 atom stereocenters. The van der Waals surface area contributed by atoms with Gasteiger partial charge in [0.15, 0.2) is 6.29 Å². The summed E-state index contributed by atoms with van der Waals surface area (Å²) in [6, 6.07) is 14.9. The molecule has 5 heterocycles. The summed E-state index contributed by atoms with van der Waals surface area (Å²) in [6.45, 7) is 4.86. The smallest absolute Gasteiger partial charge is 0.320 e. The Balaban J connectivity index is 0.000000257. The van der Waals surface area contributed by atoms with E-state index in [0.29, 0.717) is 29.4 Å². The van der Waals surface area contributed by atoms with Crippen molar-refractivity contribution in [3.05, 3.63) is 89.3 Å². The van der Waals surface area contributed by atoms with Crippen LogP contribution in [0.1, 0.15) is 84.5 Å². The predicted octanol–water partition coefficient (Wildman–Crippen LogP) is 6.01. The Bertz CT molecular complexity index is 1780. The number of nitrogens with zero attached hydrogens (tertiary/aromatic N) is 4. The van der Waals surface area contributed by atoms with Gasteiger partial charge in [0.1, 0.15) is 18.6 Å². The van der Waals surface area contributed by atoms with Crippen molar-refractivity contribution in [2.24, 2.45) is 5.73 Å². The molecule has 0 aliphatic carbocycles. The van der Waals surface area contributed by atoms with E-state index in [2.05, 4.69) is 27.8 Å². The number of rotatable bonds is 18. The zero-order chi connectivity index (χ0) is 41.4. The molecule has 16 heteroatoms. The molecule has 0 saturated carbocycles. The molecule has 0 bridgehead atoms. The van der Waals surface area contributed by atoms with Gasteiger partial charge in [-0.25, -0.2) is 14.1 Å². The van der Waals surface area contributed by atoms with Crippen LogP contribution in [0.4, 0.5) is 4.39 Å². The molecular weight excluding hydrogens is 771 g/mol. The number of halogens is 1. The molecule has 2 saturated heterocycles. The van der Waals surface area contributed by atoms with Crippen molar-refractivity contribution in [1.82, 2.24) is 19.9 Å².